The zero-order valence-electron chi connectivity index (χ0n) is 11.8. The minimum absolute atomic E-state index is 0.593. The second-order valence-corrected chi connectivity index (χ2v) is 4.81. The molecule has 0 atom stereocenters. The number of hydrogen-bond donors (Lipinski definition) is 0. The van der Waals surface area contributed by atoms with Crippen LogP contribution in [0.3, 0.4) is 0 Å². The number of fused-ring (bicyclic) bond motifs is 1. The Morgan fingerprint density at radius 3 is 2.95 bits per heavy atom. The molecule has 0 radical (unpaired) electrons. The first-order chi connectivity index (χ1) is 10.3. The molecule has 3 rings (SSSR count). The van der Waals surface area contributed by atoms with Crippen molar-refractivity contribution in [3.8, 4) is 11.6 Å². The Balaban J connectivity index is 1.87. The number of allylic oxidation sites excluding steroid dienone is 3. The molecule has 1 aliphatic rings. The van der Waals surface area contributed by atoms with Gasteiger partial charge in [0.05, 0.1) is 6.54 Å². The van der Waals surface area contributed by atoms with Gasteiger partial charge >= 0.3 is 0 Å². The molecule has 4 heteroatoms. The summed E-state index contributed by atoms with van der Waals surface area (Å²) in [5.41, 5.74) is 2.79. The van der Waals surface area contributed by atoms with Gasteiger partial charge in [-0.2, -0.15) is 0 Å². The normalized spacial score (nSPS) is 14.7. The minimum Gasteiger partial charge on any atom is -0.439 e. The van der Waals surface area contributed by atoms with Crippen molar-refractivity contribution in [3.05, 3.63) is 72.9 Å². The van der Waals surface area contributed by atoms with Crippen LogP contribution >= 0.6 is 0 Å². The predicted molar refractivity (Wildman–Crippen MR) is 82.3 cm³/mol. The molecule has 0 aliphatic carbocycles. The van der Waals surface area contributed by atoms with Crippen LogP contribution in [-0.2, 0) is 13.0 Å². The maximum atomic E-state index is 5.85. The highest BCUT2D eigenvalue weighted by atomic mass is 16.4. The van der Waals surface area contributed by atoms with Crippen LogP contribution in [0.25, 0.3) is 11.6 Å². The highest BCUT2D eigenvalue weighted by Gasteiger charge is 2.23. The van der Waals surface area contributed by atoms with Crippen molar-refractivity contribution in [3.63, 3.8) is 0 Å². The molecular formula is C17H17N3O. The standard InChI is InChI=1S/C17H17N3O/c1-3-7-13(4-2)20-11-9-16-15(12-20)19-17(21-16)14-8-5-6-10-18-14/h3-8,10H,1-2,9,11-12H2/b13-7+. The van der Waals surface area contributed by atoms with E-state index < -0.39 is 0 Å². The summed E-state index contributed by atoms with van der Waals surface area (Å²) in [6, 6.07) is 5.72. The van der Waals surface area contributed by atoms with Gasteiger partial charge in [-0.05, 0) is 24.3 Å². The van der Waals surface area contributed by atoms with Gasteiger partial charge in [0.15, 0.2) is 0 Å². The SMILES string of the molecule is C=C/C=C(\C=C)N1CCc2oc(-c3ccccn3)nc2C1. The number of aromatic nitrogens is 2. The predicted octanol–water partition coefficient (Wildman–Crippen LogP) is 3.35. The Morgan fingerprint density at radius 1 is 1.33 bits per heavy atom. The smallest absolute Gasteiger partial charge is 0.245 e. The molecule has 4 nitrogen and oxygen atoms in total. The van der Waals surface area contributed by atoms with E-state index >= 15 is 0 Å². The second kappa shape index (κ2) is 5.79. The van der Waals surface area contributed by atoms with E-state index in [-0.39, 0.29) is 0 Å². The van der Waals surface area contributed by atoms with Gasteiger partial charge < -0.3 is 9.32 Å². The van der Waals surface area contributed by atoms with Crippen molar-refractivity contribution in [1.29, 1.82) is 0 Å². The van der Waals surface area contributed by atoms with Crippen molar-refractivity contribution in [2.45, 2.75) is 13.0 Å². The molecule has 0 saturated carbocycles. The first-order valence-corrected chi connectivity index (χ1v) is 6.92. The molecule has 0 N–H and O–H groups in total. The Morgan fingerprint density at radius 2 is 2.24 bits per heavy atom. The average Bonchev–Trinajstić information content (AvgIpc) is 2.96. The maximum Gasteiger partial charge on any atom is 0.245 e. The highest BCUT2D eigenvalue weighted by Crippen LogP contribution is 2.26. The molecule has 106 valence electrons. The monoisotopic (exact) mass is 279 g/mol. The van der Waals surface area contributed by atoms with E-state index in [2.05, 4.69) is 28.0 Å². The number of nitrogens with zero attached hydrogens (tertiary/aromatic N) is 3. The van der Waals surface area contributed by atoms with Crippen LogP contribution in [0.2, 0.25) is 0 Å². The molecule has 0 amide bonds. The molecular weight excluding hydrogens is 262 g/mol. The molecule has 0 unspecified atom stereocenters. The summed E-state index contributed by atoms with van der Waals surface area (Å²) < 4.78 is 5.85. The van der Waals surface area contributed by atoms with Gasteiger partial charge in [-0.3, -0.25) is 4.98 Å². The van der Waals surface area contributed by atoms with Crippen LogP contribution in [0.4, 0.5) is 0 Å². The Hall–Kier alpha value is -2.62. The third-order valence-electron chi connectivity index (χ3n) is 3.47. The molecule has 0 fully saturated rings. The van der Waals surface area contributed by atoms with Gasteiger partial charge in [-0.15, -0.1) is 0 Å². The average molecular weight is 279 g/mol. The van der Waals surface area contributed by atoms with Crippen molar-refractivity contribution >= 4 is 0 Å². The zero-order valence-corrected chi connectivity index (χ0v) is 11.8. The first kappa shape index (κ1) is 13.4. The lowest BCUT2D eigenvalue weighted by Gasteiger charge is -2.28. The van der Waals surface area contributed by atoms with Crippen molar-refractivity contribution < 1.29 is 4.42 Å². The Kier molecular flexibility index (Phi) is 3.69. The first-order valence-electron chi connectivity index (χ1n) is 6.92. The summed E-state index contributed by atoms with van der Waals surface area (Å²) in [6.07, 6.45) is 8.14. The number of oxazole rings is 1. The van der Waals surface area contributed by atoms with E-state index in [1.807, 2.05) is 30.4 Å². The number of hydrogen-bond acceptors (Lipinski definition) is 4. The van der Waals surface area contributed by atoms with E-state index in [9.17, 15) is 0 Å². The molecule has 3 heterocycles. The van der Waals surface area contributed by atoms with Crippen LogP contribution in [0.5, 0.6) is 0 Å². The van der Waals surface area contributed by atoms with Crippen molar-refractivity contribution in [1.82, 2.24) is 14.9 Å². The Labute approximate surface area is 124 Å². The largest absolute Gasteiger partial charge is 0.439 e. The van der Waals surface area contributed by atoms with Crippen LogP contribution in [0.1, 0.15) is 11.5 Å². The summed E-state index contributed by atoms with van der Waals surface area (Å²) >= 11 is 0. The van der Waals surface area contributed by atoms with Gasteiger partial charge in [-0.25, -0.2) is 4.98 Å². The molecule has 0 bridgehead atoms. The molecule has 21 heavy (non-hydrogen) atoms. The zero-order chi connectivity index (χ0) is 14.7. The van der Waals surface area contributed by atoms with E-state index in [4.69, 9.17) is 4.42 Å². The van der Waals surface area contributed by atoms with E-state index in [0.29, 0.717) is 5.89 Å². The minimum atomic E-state index is 0.593. The van der Waals surface area contributed by atoms with Gasteiger partial charge in [0, 0.05) is 24.9 Å². The van der Waals surface area contributed by atoms with Crippen molar-refractivity contribution in [2.24, 2.45) is 0 Å². The Bertz CT molecular complexity index is 685. The highest BCUT2D eigenvalue weighted by molar-refractivity contribution is 5.47. The lowest BCUT2D eigenvalue weighted by molar-refractivity contribution is 0.309. The third kappa shape index (κ3) is 2.65. The lowest BCUT2D eigenvalue weighted by Crippen LogP contribution is -2.29. The van der Waals surface area contributed by atoms with E-state index in [1.54, 1.807) is 12.3 Å². The van der Waals surface area contributed by atoms with Gasteiger partial charge in [0.25, 0.3) is 0 Å². The number of rotatable bonds is 4. The second-order valence-electron chi connectivity index (χ2n) is 4.81. The quantitative estimate of drug-likeness (QED) is 0.805. The van der Waals surface area contributed by atoms with Gasteiger partial charge in [-0.1, -0.05) is 25.3 Å². The fourth-order valence-corrected chi connectivity index (χ4v) is 2.44. The third-order valence-corrected chi connectivity index (χ3v) is 3.47. The van der Waals surface area contributed by atoms with Gasteiger partial charge in [0.2, 0.25) is 5.89 Å². The molecule has 0 saturated heterocycles. The summed E-state index contributed by atoms with van der Waals surface area (Å²) in [7, 11) is 0. The summed E-state index contributed by atoms with van der Waals surface area (Å²) in [5.74, 6) is 1.55. The van der Waals surface area contributed by atoms with Crippen LogP contribution in [-0.4, -0.2) is 21.4 Å². The lowest BCUT2D eigenvalue weighted by atomic mass is 10.1. The maximum absolute atomic E-state index is 5.85. The summed E-state index contributed by atoms with van der Waals surface area (Å²) in [4.78, 5) is 11.1. The van der Waals surface area contributed by atoms with Crippen LogP contribution < -0.4 is 0 Å². The topological polar surface area (TPSA) is 42.2 Å². The molecule has 2 aromatic heterocycles. The van der Waals surface area contributed by atoms with Gasteiger partial charge in [0.1, 0.15) is 17.1 Å². The van der Waals surface area contributed by atoms with Crippen molar-refractivity contribution in [2.75, 3.05) is 6.54 Å². The van der Waals surface area contributed by atoms with E-state index in [1.165, 1.54) is 0 Å². The molecule has 0 spiro atoms. The van der Waals surface area contributed by atoms with Crippen LogP contribution in [0, 0.1) is 0 Å². The fraction of sp³-hybridized carbons (Fsp3) is 0.176. The molecule has 0 aromatic carbocycles. The fourth-order valence-electron chi connectivity index (χ4n) is 2.44. The van der Waals surface area contributed by atoms with Crippen LogP contribution in [0.15, 0.2) is 65.9 Å². The van der Waals surface area contributed by atoms with E-state index in [0.717, 1.165) is 42.4 Å². The summed E-state index contributed by atoms with van der Waals surface area (Å²) in [6.45, 7) is 9.19. The number of pyridine rings is 1. The molecule has 2 aromatic rings. The molecule has 1 aliphatic heterocycles. The summed E-state index contributed by atoms with van der Waals surface area (Å²) in [5, 5.41) is 0.